The molecule has 1 saturated heterocycles. The van der Waals surface area contributed by atoms with Gasteiger partial charge in [0.15, 0.2) is 0 Å². The molecule has 2 aromatic carbocycles. The van der Waals surface area contributed by atoms with E-state index in [1.807, 2.05) is 12.1 Å². The summed E-state index contributed by atoms with van der Waals surface area (Å²) in [6.07, 6.45) is 11.5. The van der Waals surface area contributed by atoms with Crippen LogP contribution < -0.4 is 9.47 Å². The van der Waals surface area contributed by atoms with Crippen LogP contribution in [0.1, 0.15) is 87.8 Å². The Hall–Kier alpha value is -2.20. The number of likely N-dealkylation sites (tertiary alicyclic amines) is 1. The molecular weight excluding hydrogens is 470 g/mol. The minimum absolute atomic E-state index is 0.420. The minimum Gasteiger partial charge on any atom is -0.508 e. The molecule has 0 bridgehead atoms. The van der Waals surface area contributed by atoms with Gasteiger partial charge in [-0.05, 0) is 129 Å². The first-order chi connectivity index (χ1) is 18.5. The second kappa shape index (κ2) is 10.8. The quantitative estimate of drug-likeness (QED) is 0.411. The zero-order chi connectivity index (χ0) is 26.3. The Morgan fingerprint density at radius 2 is 1.87 bits per heavy atom. The van der Waals surface area contributed by atoms with Gasteiger partial charge >= 0.3 is 0 Å². The molecule has 0 radical (unpaired) electrons. The lowest BCUT2D eigenvalue weighted by Gasteiger charge is -2.53. The van der Waals surface area contributed by atoms with Gasteiger partial charge < -0.3 is 14.6 Å². The molecule has 1 N–H and O–H groups in total. The van der Waals surface area contributed by atoms with E-state index >= 15 is 0 Å². The maximum Gasteiger partial charge on any atom is 0.127 e. The van der Waals surface area contributed by atoms with Crippen molar-refractivity contribution < 1.29 is 14.6 Å². The van der Waals surface area contributed by atoms with E-state index in [1.54, 1.807) is 7.11 Å². The van der Waals surface area contributed by atoms with Crippen LogP contribution in [0.4, 0.5) is 0 Å². The Kier molecular flexibility index (Phi) is 7.37. The maximum absolute atomic E-state index is 10.1. The summed E-state index contributed by atoms with van der Waals surface area (Å²) in [5, 5.41) is 10.1. The highest BCUT2D eigenvalue weighted by atomic mass is 16.5. The number of hydrogen-bond donors (Lipinski definition) is 1. The Labute approximate surface area is 229 Å². The van der Waals surface area contributed by atoms with E-state index in [1.165, 1.54) is 74.7 Å². The fourth-order valence-electron chi connectivity index (χ4n) is 9.17. The highest BCUT2D eigenvalue weighted by Crippen LogP contribution is 2.64. The van der Waals surface area contributed by atoms with E-state index in [0.717, 1.165) is 55.2 Å². The van der Waals surface area contributed by atoms with Gasteiger partial charge in [0.2, 0.25) is 0 Å². The summed E-state index contributed by atoms with van der Waals surface area (Å²) in [5.41, 5.74) is 4.60. The van der Waals surface area contributed by atoms with Gasteiger partial charge in [-0.2, -0.15) is 0 Å². The standard InChI is InChI=1S/C34H47NO3/c1-23-19-25-20-27(36)9-11-29(25)30-13-15-34(2)26(8-12-31(34)33(23)30)14-18-38-28-10-7-24(32(21-28)37-3)22-35-16-5-4-6-17-35/h7,9-11,20-21,23,26,30-31,33,36H,4-6,8,12-19,22H2,1-3H3/t23?,26-,30-,31+,33-,34-/m1/s1. The third kappa shape index (κ3) is 4.83. The molecule has 0 aromatic heterocycles. The van der Waals surface area contributed by atoms with E-state index in [0.29, 0.717) is 23.0 Å². The van der Waals surface area contributed by atoms with Gasteiger partial charge in [0.1, 0.15) is 17.2 Å². The Morgan fingerprint density at radius 3 is 2.68 bits per heavy atom. The second-order valence-corrected chi connectivity index (χ2v) is 13.1. The van der Waals surface area contributed by atoms with Gasteiger partial charge in [0.05, 0.1) is 13.7 Å². The van der Waals surface area contributed by atoms with Crippen LogP contribution in [-0.2, 0) is 13.0 Å². The largest absolute Gasteiger partial charge is 0.508 e. The van der Waals surface area contributed by atoms with Crippen LogP contribution in [0.2, 0.25) is 0 Å². The Balaban J connectivity index is 1.08. The number of ether oxygens (including phenoxy) is 2. The summed E-state index contributed by atoms with van der Waals surface area (Å²) < 4.78 is 12.1. The highest BCUT2D eigenvalue weighted by Gasteiger charge is 2.55. The Morgan fingerprint density at radius 1 is 1.03 bits per heavy atom. The second-order valence-electron chi connectivity index (χ2n) is 13.1. The number of benzene rings is 2. The third-order valence-electron chi connectivity index (χ3n) is 11.1. The van der Waals surface area contributed by atoms with Crippen molar-refractivity contribution in [1.29, 1.82) is 0 Å². The minimum atomic E-state index is 0.420. The first-order valence-electron chi connectivity index (χ1n) is 15.3. The zero-order valence-corrected chi connectivity index (χ0v) is 23.8. The van der Waals surface area contributed by atoms with Crippen molar-refractivity contribution in [3.63, 3.8) is 0 Å². The number of piperidine rings is 1. The summed E-state index contributed by atoms with van der Waals surface area (Å²) >= 11 is 0. The predicted molar refractivity (Wildman–Crippen MR) is 153 cm³/mol. The monoisotopic (exact) mass is 517 g/mol. The summed E-state index contributed by atoms with van der Waals surface area (Å²) in [5.74, 6) is 5.98. The molecule has 38 heavy (non-hydrogen) atoms. The topological polar surface area (TPSA) is 41.9 Å². The fraction of sp³-hybridized carbons (Fsp3) is 0.647. The van der Waals surface area contributed by atoms with Gasteiger partial charge in [0, 0.05) is 18.2 Å². The lowest BCUT2D eigenvalue weighted by Crippen LogP contribution is -2.45. The first-order valence-corrected chi connectivity index (χ1v) is 15.3. The van der Waals surface area contributed by atoms with E-state index < -0.39 is 0 Å². The summed E-state index contributed by atoms with van der Waals surface area (Å²) in [7, 11) is 1.78. The third-order valence-corrected chi connectivity index (χ3v) is 11.1. The molecular formula is C34H47NO3. The molecule has 6 atom stereocenters. The molecule has 1 aliphatic heterocycles. The molecule has 3 fully saturated rings. The zero-order valence-electron chi connectivity index (χ0n) is 23.8. The average molecular weight is 518 g/mol. The average Bonchev–Trinajstić information content (AvgIpc) is 3.25. The van der Waals surface area contributed by atoms with Crippen LogP contribution in [-0.4, -0.2) is 36.8 Å². The summed E-state index contributed by atoms with van der Waals surface area (Å²) in [6.45, 7) is 9.21. The summed E-state index contributed by atoms with van der Waals surface area (Å²) in [6, 6.07) is 12.6. The smallest absolute Gasteiger partial charge is 0.127 e. The van der Waals surface area contributed by atoms with Crippen molar-refractivity contribution in [2.45, 2.75) is 84.1 Å². The molecule has 6 rings (SSSR count). The van der Waals surface area contributed by atoms with Crippen molar-refractivity contribution in [1.82, 2.24) is 4.90 Å². The molecule has 0 amide bonds. The van der Waals surface area contributed by atoms with Crippen molar-refractivity contribution >= 4 is 0 Å². The van der Waals surface area contributed by atoms with Gasteiger partial charge in [0.25, 0.3) is 0 Å². The maximum atomic E-state index is 10.1. The first kappa shape index (κ1) is 26.0. The van der Waals surface area contributed by atoms with Crippen molar-refractivity contribution in [3.8, 4) is 17.2 Å². The lowest BCUT2D eigenvalue weighted by molar-refractivity contribution is 0.000913. The number of phenols is 1. The molecule has 4 heteroatoms. The molecule has 1 unspecified atom stereocenters. The Bertz CT molecular complexity index is 1120. The SMILES string of the molecule is COc1cc(OCC[C@H]2CC[C@H]3[C@@H]4C(C)Cc5cc(O)ccc5[C@H]4CC[C@]23C)ccc1CN1CCCCC1. The number of phenolic OH excluding ortho intramolecular Hbond substituents is 1. The molecule has 2 aromatic rings. The van der Waals surface area contributed by atoms with Gasteiger partial charge in [-0.3, -0.25) is 4.90 Å². The van der Waals surface area contributed by atoms with Crippen molar-refractivity contribution in [3.05, 3.63) is 53.1 Å². The molecule has 2 saturated carbocycles. The predicted octanol–water partition coefficient (Wildman–Crippen LogP) is 7.57. The lowest BCUT2D eigenvalue weighted by atomic mass is 9.51. The fourth-order valence-corrected chi connectivity index (χ4v) is 9.17. The number of aromatic hydroxyl groups is 1. The molecule has 0 spiro atoms. The van der Waals surface area contributed by atoms with E-state index in [2.05, 4.69) is 43.0 Å². The van der Waals surface area contributed by atoms with Gasteiger partial charge in [-0.25, -0.2) is 0 Å². The number of fused-ring (bicyclic) bond motifs is 5. The van der Waals surface area contributed by atoms with Crippen LogP contribution in [0, 0.1) is 29.1 Å². The molecule has 4 aliphatic rings. The van der Waals surface area contributed by atoms with Crippen molar-refractivity contribution in [2.75, 3.05) is 26.8 Å². The molecule has 4 nitrogen and oxygen atoms in total. The number of nitrogens with zero attached hydrogens (tertiary/aromatic N) is 1. The van der Waals surface area contributed by atoms with Gasteiger partial charge in [-0.1, -0.05) is 32.4 Å². The highest BCUT2D eigenvalue weighted by molar-refractivity contribution is 5.41. The van der Waals surface area contributed by atoms with E-state index in [9.17, 15) is 5.11 Å². The van der Waals surface area contributed by atoms with Crippen LogP contribution in [0.15, 0.2) is 36.4 Å². The molecule has 1 heterocycles. The van der Waals surface area contributed by atoms with Crippen LogP contribution in [0.5, 0.6) is 17.2 Å². The van der Waals surface area contributed by atoms with E-state index in [4.69, 9.17) is 9.47 Å². The van der Waals surface area contributed by atoms with Crippen LogP contribution in [0.3, 0.4) is 0 Å². The number of methoxy groups -OCH3 is 1. The molecule has 3 aliphatic carbocycles. The molecule has 206 valence electrons. The van der Waals surface area contributed by atoms with Gasteiger partial charge in [-0.15, -0.1) is 0 Å². The van der Waals surface area contributed by atoms with E-state index in [-0.39, 0.29) is 0 Å². The number of rotatable bonds is 7. The van der Waals surface area contributed by atoms with Crippen LogP contribution >= 0.6 is 0 Å². The van der Waals surface area contributed by atoms with Crippen LogP contribution in [0.25, 0.3) is 0 Å². The normalized spacial score (nSPS) is 32.8. The number of hydrogen-bond acceptors (Lipinski definition) is 4. The summed E-state index contributed by atoms with van der Waals surface area (Å²) in [4.78, 5) is 2.55. The van der Waals surface area contributed by atoms with Crippen molar-refractivity contribution in [2.24, 2.45) is 29.1 Å².